The number of oxime groups is 1. The normalized spacial score (nSPS) is 11.4. The molecule has 7 heteroatoms. The molecule has 134 valence electrons. The summed E-state index contributed by atoms with van der Waals surface area (Å²) in [4.78, 5) is 6.85. The Hall–Kier alpha value is -3.22. The lowest BCUT2D eigenvalue weighted by Gasteiger charge is -2.06. The number of hydrogen-bond donors (Lipinski definition) is 0. The average Bonchev–Trinajstić information content (AvgIpc) is 3.07. The van der Waals surface area contributed by atoms with E-state index in [9.17, 15) is 0 Å². The van der Waals surface area contributed by atoms with Gasteiger partial charge in [-0.25, -0.2) is 0 Å². The van der Waals surface area contributed by atoms with Gasteiger partial charge in [-0.05, 0) is 54.5 Å². The lowest BCUT2D eigenvalue weighted by molar-refractivity contribution is 0.130. The number of hydrogen-bond acceptors (Lipinski definition) is 6. The van der Waals surface area contributed by atoms with Crippen molar-refractivity contribution < 1.29 is 9.57 Å². The van der Waals surface area contributed by atoms with Crippen molar-refractivity contribution in [2.75, 3.05) is 0 Å². The van der Waals surface area contributed by atoms with Crippen LogP contribution in [0.5, 0.6) is 5.75 Å². The van der Waals surface area contributed by atoms with Crippen molar-refractivity contribution in [2.45, 2.75) is 27.1 Å². The van der Waals surface area contributed by atoms with E-state index in [0.717, 1.165) is 22.6 Å². The zero-order valence-electron chi connectivity index (χ0n) is 15.1. The molecular weight excluding hydrogens is 330 g/mol. The maximum absolute atomic E-state index is 5.64. The topological polar surface area (TPSA) is 74.4 Å². The molecule has 0 bridgehead atoms. The number of tetrazole rings is 1. The Morgan fingerprint density at radius 3 is 2.42 bits per heavy atom. The summed E-state index contributed by atoms with van der Waals surface area (Å²) in [7, 11) is 1.72. The van der Waals surface area contributed by atoms with E-state index in [4.69, 9.17) is 9.57 Å². The molecule has 0 fully saturated rings. The Kier molecular flexibility index (Phi) is 5.58. The predicted molar refractivity (Wildman–Crippen MR) is 97.8 cm³/mol. The highest BCUT2D eigenvalue weighted by atomic mass is 16.6. The summed E-state index contributed by atoms with van der Waals surface area (Å²) in [6.45, 7) is 4.70. The van der Waals surface area contributed by atoms with Crippen LogP contribution in [0.25, 0.3) is 0 Å². The van der Waals surface area contributed by atoms with Crippen LogP contribution >= 0.6 is 0 Å². The third-order valence-electron chi connectivity index (χ3n) is 3.74. The van der Waals surface area contributed by atoms with Gasteiger partial charge in [0.15, 0.2) is 6.61 Å². The molecule has 0 aliphatic heterocycles. The van der Waals surface area contributed by atoms with Crippen LogP contribution in [-0.4, -0.2) is 25.9 Å². The molecule has 0 amide bonds. The maximum atomic E-state index is 5.64. The third kappa shape index (κ3) is 4.89. The van der Waals surface area contributed by atoms with Crippen LogP contribution < -0.4 is 4.74 Å². The summed E-state index contributed by atoms with van der Waals surface area (Å²) in [5.74, 6) is 1.27. The molecule has 2 aromatic carbocycles. The van der Waals surface area contributed by atoms with E-state index in [-0.39, 0.29) is 6.61 Å². The third-order valence-corrected chi connectivity index (χ3v) is 3.74. The van der Waals surface area contributed by atoms with Crippen molar-refractivity contribution in [1.29, 1.82) is 0 Å². The van der Waals surface area contributed by atoms with Crippen molar-refractivity contribution in [1.82, 2.24) is 20.2 Å². The SMILES string of the molecule is C/C(=N\OCc1ccc(C)cc1)c1ccc(OCc2nnn(C)n2)cc1. The van der Waals surface area contributed by atoms with E-state index in [1.165, 1.54) is 10.4 Å². The number of ether oxygens (including phenoxy) is 1. The number of benzene rings is 2. The summed E-state index contributed by atoms with van der Waals surface area (Å²) >= 11 is 0. The smallest absolute Gasteiger partial charge is 0.212 e. The van der Waals surface area contributed by atoms with Gasteiger partial charge in [-0.15, -0.1) is 10.2 Å². The summed E-state index contributed by atoms with van der Waals surface area (Å²) < 4.78 is 5.64. The van der Waals surface area contributed by atoms with Gasteiger partial charge >= 0.3 is 0 Å². The summed E-state index contributed by atoms with van der Waals surface area (Å²) in [5.41, 5.74) is 4.09. The first-order chi connectivity index (χ1) is 12.6. The average molecular weight is 351 g/mol. The Labute approximate surface area is 152 Å². The predicted octanol–water partition coefficient (Wildman–Crippen LogP) is 3.04. The second-order valence-electron chi connectivity index (χ2n) is 5.94. The molecule has 0 radical (unpaired) electrons. The minimum absolute atomic E-state index is 0.278. The van der Waals surface area contributed by atoms with Crippen LogP contribution in [-0.2, 0) is 25.1 Å². The molecular formula is C19H21N5O2. The first kappa shape index (κ1) is 17.6. The number of aromatic nitrogens is 4. The first-order valence-electron chi connectivity index (χ1n) is 8.28. The second kappa shape index (κ2) is 8.24. The van der Waals surface area contributed by atoms with E-state index < -0.39 is 0 Å². The van der Waals surface area contributed by atoms with Crippen molar-refractivity contribution >= 4 is 5.71 Å². The van der Waals surface area contributed by atoms with Crippen LogP contribution in [0.4, 0.5) is 0 Å². The van der Waals surface area contributed by atoms with Gasteiger partial charge in [-0.1, -0.05) is 35.0 Å². The van der Waals surface area contributed by atoms with Gasteiger partial charge < -0.3 is 9.57 Å². The Morgan fingerprint density at radius 1 is 1.04 bits per heavy atom. The van der Waals surface area contributed by atoms with Gasteiger partial charge in [-0.2, -0.15) is 4.80 Å². The van der Waals surface area contributed by atoms with Crippen molar-refractivity contribution in [3.8, 4) is 5.75 Å². The molecule has 3 rings (SSSR count). The number of aryl methyl sites for hydroxylation is 2. The van der Waals surface area contributed by atoms with E-state index >= 15 is 0 Å². The molecule has 1 aromatic heterocycles. The molecule has 1 heterocycles. The maximum Gasteiger partial charge on any atom is 0.212 e. The number of rotatable bonds is 7. The van der Waals surface area contributed by atoms with Gasteiger partial charge in [0.2, 0.25) is 5.82 Å². The molecule has 3 aromatic rings. The zero-order chi connectivity index (χ0) is 18.4. The molecule has 0 unspecified atom stereocenters. The van der Waals surface area contributed by atoms with Crippen LogP contribution in [0.15, 0.2) is 53.7 Å². The van der Waals surface area contributed by atoms with E-state index in [1.807, 2.05) is 43.3 Å². The number of nitrogens with zero attached hydrogens (tertiary/aromatic N) is 5. The summed E-state index contributed by atoms with van der Waals surface area (Å²) in [6.07, 6.45) is 0. The minimum Gasteiger partial charge on any atom is -0.485 e. The Balaban J connectivity index is 1.52. The summed E-state index contributed by atoms with van der Waals surface area (Å²) in [6, 6.07) is 15.8. The lowest BCUT2D eigenvalue weighted by atomic mass is 10.1. The molecule has 0 aliphatic carbocycles. The molecule has 0 atom stereocenters. The van der Waals surface area contributed by atoms with Crippen LogP contribution in [0.2, 0.25) is 0 Å². The minimum atomic E-state index is 0.278. The highest BCUT2D eigenvalue weighted by molar-refractivity contribution is 5.98. The standard InChI is InChI=1S/C19H21N5O2/c1-14-4-6-16(7-5-14)12-26-22-15(2)17-8-10-18(11-9-17)25-13-19-20-23-24(3)21-19/h4-11H,12-13H2,1-3H3/b22-15+. The summed E-state index contributed by atoms with van der Waals surface area (Å²) in [5, 5.41) is 15.9. The van der Waals surface area contributed by atoms with Gasteiger partial charge in [0.1, 0.15) is 12.4 Å². The van der Waals surface area contributed by atoms with Gasteiger partial charge in [0.05, 0.1) is 12.8 Å². The molecule has 0 aliphatic rings. The highest BCUT2D eigenvalue weighted by Gasteiger charge is 2.03. The molecule has 26 heavy (non-hydrogen) atoms. The van der Waals surface area contributed by atoms with Crippen molar-refractivity contribution in [3.63, 3.8) is 0 Å². The fraction of sp³-hybridized carbons (Fsp3) is 0.263. The highest BCUT2D eigenvalue weighted by Crippen LogP contribution is 2.14. The molecule has 0 saturated carbocycles. The molecule has 0 N–H and O–H groups in total. The largest absolute Gasteiger partial charge is 0.485 e. The van der Waals surface area contributed by atoms with Crippen LogP contribution in [0.3, 0.4) is 0 Å². The second-order valence-corrected chi connectivity index (χ2v) is 5.94. The van der Waals surface area contributed by atoms with Gasteiger partial charge in [0, 0.05) is 0 Å². The molecule has 0 spiro atoms. The molecule has 0 saturated heterocycles. The van der Waals surface area contributed by atoms with E-state index in [0.29, 0.717) is 12.4 Å². The fourth-order valence-corrected chi connectivity index (χ4v) is 2.26. The monoisotopic (exact) mass is 351 g/mol. The lowest BCUT2D eigenvalue weighted by Crippen LogP contribution is -2.00. The Bertz CT molecular complexity index is 870. The Morgan fingerprint density at radius 2 is 1.77 bits per heavy atom. The quantitative estimate of drug-likeness (QED) is 0.483. The first-order valence-corrected chi connectivity index (χ1v) is 8.28. The van der Waals surface area contributed by atoms with Crippen LogP contribution in [0, 0.1) is 6.92 Å². The van der Waals surface area contributed by atoms with E-state index in [1.54, 1.807) is 7.05 Å². The zero-order valence-corrected chi connectivity index (χ0v) is 15.1. The van der Waals surface area contributed by atoms with Gasteiger partial charge in [0.25, 0.3) is 0 Å². The van der Waals surface area contributed by atoms with Crippen molar-refractivity contribution in [3.05, 3.63) is 71.0 Å². The van der Waals surface area contributed by atoms with Crippen molar-refractivity contribution in [2.24, 2.45) is 12.2 Å². The molecule has 7 nitrogen and oxygen atoms in total. The van der Waals surface area contributed by atoms with Gasteiger partial charge in [-0.3, -0.25) is 0 Å². The van der Waals surface area contributed by atoms with E-state index in [2.05, 4.69) is 39.6 Å². The fourth-order valence-electron chi connectivity index (χ4n) is 2.26. The van der Waals surface area contributed by atoms with Crippen LogP contribution in [0.1, 0.15) is 29.4 Å².